The van der Waals surface area contributed by atoms with Crippen LogP contribution in [0.2, 0.25) is 0 Å². The van der Waals surface area contributed by atoms with Gasteiger partial charge in [0.15, 0.2) is 5.03 Å². The highest BCUT2D eigenvalue weighted by atomic mass is 32.2. The number of rotatable bonds is 2. The van der Waals surface area contributed by atoms with E-state index in [1.807, 2.05) is 0 Å². The molecule has 3 aromatic rings. The first-order chi connectivity index (χ1) is 11.4. The third kappa shape index (κ3) is 2.25. The van der Waals surface area contributed by atoms with Gasteiger partial charge < -0.3 is 9.55 Å². The lowest BCUT2D eigenvalue weighted by Crippen LogP contribution is -2.36. The van der Waals surface area contributed by atoms with E-state index in [0.717, 1.165) is 22.2 Å². The van der Waals surface area contributed by atoms with Crippen LogP contribution in [0.25, 0.3) is 10.9 Å². The lowest BCUT2D eigenvalue weighted by atomic mass is 10.1. The van der Waals surface area contributed by atoms with E-state index < -0.39 is 10.0 Å². The molecule has 4 rings (SSSR count). The molecular formula is C16H17FN4O2S. The van der Waals surface area contributed by atoms with Crippen LogP contribution in [0.4, 0.5) is 4.39 Å². The van der Waals surface area contributed by atoms with Crippen molar-refractivity contribution in [2.75, 3.05) is 6.54 Å². The van der Waals surface area contributed by atoms with E-state index in [9.17, 15) is 12.8 Å². The fraction of sp³-hybridized carbons (Fsp3) is 0.312. The van der Waals surface area contributed by atoms with Gasteiger partial charge in [0.05, 0.1) is 0 Å². The zero-order valence-electron chi connectivity index (χ0n) is 13.4. The van der Waals surface area contributed by atoms with Gasteiger partial charge in [-0.2, -0.15) is 4.31 Å². The standard InChI is InChI=1S/C16H17FN4O2S/c1-10-18-16(9-20(10)2)24(22,23)21-6-5-15-13(8-21)12-7-11(17)3-4-14(12)19-15/h3-4,7,9,19H,5-6,8H2,1-2H3. The summed E-state index contributed by atoms with van der Waals surface area (Å²) in [7, 11) is -1.91. The van der Waals surface area contributed by atoms with Crippen molar-refractivity contribution in [3.05, 3.63) is 47.3 Å². The summed E-state index contributed by atoms with van der Waals surface area (Å²) in [5.74, 6) is 0.310. The molecule has 8 heteroatoms. The molecule has 0 spiro atoms. The molecule has 1 N–H and O–H groups in total. The number of hydrogen-bond donors (Lipinski definition) is 1. The Hall–Kier alpha value is -2.19. The largest absolute Gasteiger partial charge is 0.358 e. The lowest BCUT2D eigenvalue weighted by molar-refractivity contribution is 0.389. The number of imidazole rings is 1. The topological polar surface area (TPSA) is 71.0 Å². The Kier molecular flexibility index (Phi) is 3.29. The Morgan fingerprint density at radius 1 is 1.33 bits per heavy atom. The van der Waals surface area contributed by atoms with Crippen LogP contribution in [0, 0.1) is 12.7 Å². The number of sulfonamides is 1. The van der Waals surface area contributed by atoms with Gasteiger partial charge in [0, 0.05) is 49.4 Å². The molecule has 0 amide bonds. The van der Waals surface area contributed by atoms with Gasteiger partial charge in [-0.05, 0) is 30.7 Å². The minimum Gasteiger partial charge on any atom is -0.358 e. The van der Waals surface area contributed by atoms with Crippen molar-refractivity contribution >= 4 is 20.9 Å². The molecule has 3 heterocycles. The van der Waals surface area contributed by atoms with Crippen molar-refractivity contribution in [3.8, 4) is 0 Å². The summed E-state index contributed by atoms with van der Waals surface area (Å²) in [4.78, 5) is 7.40. The Morgan fingerprint density at radius 3 is 2.83 bits per heavy atom. The summed E-state index contributed by atoms with van der Waals surface area (Å²) >= 11 is 0. The minimum absolute atomic E-state index is 0.0528. The molecule has 2 aromatic heterocycles. The van der Waals surface area contributed by atoms with E-state index in [-0.39, 0.29) is 17.4 Å². The number of nitrogens with one attached hydrogen (secondary N) is 1. The molecule has 24 heavy (non-hydrogen) atoms. The number of aryl methyl sites for hydroxylation is 2. The predicted octanol–water partition coefficient (Wildman–Crippen LogP) is 2.10. The zero-order valence-corrected chi connectivity index (χ0v) is 14.2. The zero-order chi connectivity index (χ0) is 17.1. The highest BCUT2D eigenvalue weighted by Gasteiger charge is 2.32. The molecular weight excluding hydrogens is 331 g/mol. The van der Waals surface area contributed by atoms with Crippen molar-refractivity contribution in [1.29, 1.82) is 0 Å². The monoisotopic (exact) mass is 348 g/mol. The van der Waals surface area contributed by atoms with Crippen molar-refractivity contribution in [2.24, 2.45) is 7.05 Å². The average Bonchev–Trinajstić information content (AvgIpc) is 3.07. The second kappa shape index (κ2) is 5.15. The van der Waals surface area contributed by atoms with Gasteiger partial charge >= 0.3 is 0 Å². The fourth-order valence-corrected chi connectivity index (χ4v) is 4.58. The van der Waals surface area contributed by atoms with Crippen LogP contribution >= 0.6 is 0 Å². The smallest absolute Gasteiger partial charge is 0.262 e. The van der Waals surface area contributed by atoms with E-state index in [4.69, 9.17) is 0 Å². The van der Waals surface area contributed by atoms with Crippen LogP contribution in [0.15, 0.2) is 29.4 Å². The molecule has 0 atom stereocenters. The first-order valence-corrected chi connectivity index (χ1v) is 9.09. The fourth-order valence-electron chi connectivity index (χ4n) is 3.15. The van der Waals surface area contributed by atoms with Gasteiger partial charge in [-0.3, -0.25) is 0 Å². The Balaban J connectivity index is 1.76. The summed E-state index contributed by atoms with van der Waals surface area (Å²) in [6.07, 6.45) is 2.09. The number of H-pyrrole nitrogens is 1. The van der Waals surface area contributed by atoms with Crippen LogP contribution in [0.3, 0.4) is 0 Å². The number of nitrogens with zero attached hydrogens (tertiary/aromatic N) is 3. The van der Waals surface area contributed by atoms with E-state index in [2.05, 4.69) is 9.97 Å². The number of halogens is 1. The highest BCUT2D eigenvalue weighted by molar-refractivity contribution is 7.89. The Labute approximate surface area is 139 Å². The third-order valence-electron chi connectivity index (χ3n) is 4.59. The molecule has 0 aliphatic carbocycles. The normalized spacial score (nSPS) is 15.8. The molecule has 0 radical (unpaired) electrons. The molecule has 0 saturated heterocycles. The van der Waals surface area contributed by atoms with Crippen molar-refractivity contribution in [2.45, 2.75) is 24.9 Å². The maximum Gasteiger partial charge on any atom is 0.262 e. The molecule has 0 fully saturated rings. The molecule has 1 aromatic carbocycles. The molecule has 0 saturated carbocycles. The van der Waals surface area contributed by atoms with Crippen molar-refractivity contribution in [3.63, 3.8) is 0 Å². The number of aromatic amines is 1. The van der Waals surface area contributed by atoms with Crippen LogP contribution in [0.5, 0.6) is 0 Å². The summed E-state index contributed by atoms with van der Waals surface area (Å²) in [6, 6.07) is 4.53. The van der Waals surface area contributed by atoms with Gasteiger partial charge in [-0.25, -0.2) is 17.8 Å². The van der Waals surface area contributed by atoms with Crippen LogP contribution in [0.1, 0.15) is 17.1 Å². The highest BCUT2D eigenvalue weighted by Crippen LogP contribution is 2.30. The van der Waals surface area contributed by atoms with E-state index in [0.29, 0.717) is 18.8 Å². The number of benzene rings is 1. The molecule has 126 valence electrons. The quantitative estimate of drug-likeness (QED) is 0.771. The van der Waals surface area contributed by atoms with Gasteiger partial charge in [0.2, 0.25) is 0 Å². The first kappa shape index (κ1) is 15.3. The van der Waals surface area contributed by atoms with Gasteiger partial charge in [-0.15, -0.1) is 0 Å². The Morgan fingerprint density at radius 2 is 2.12 bits per heavy atom. The predicted molar refractivity (Wildman–Crippen MR) is 87.5 cm³/mol. The maximum atomic E-state index is 13.6. The van der Waals surface area contributed by atoms with Gasteiger partial charge in [0.1, 0.15) is 11.6 Å². The lowest BCUT2D eigenvalue weighted by Gasteiger charge is -2.25. The van der Waals surface area contributed by atoms with Crippen LogP contribution in [-0.4, -0.2) is 33.8 Å². The molecule has 0 unspecified atom stereocenters. The SMILES string of the molecule is Cc1nc(S(=O)(=O)N2CCc3[nH]c4ccc(F)cc4c3C2)cn1C. The van der Waals surface area contributed by atoms with Crippen molar-refractivity contribution < 1.29 is 12.8 Å². The summed E-state index contributed by atoms with van der Waals surface area (Å²) in [6.45, 7) is 2.35. The molecule has 1 aliphatic heterocycles. The molecule has 1 aliphatic rings. The number of hydrogen-bond acceptors (Lipinski definition) is 3. The number of aromatic nitrogens is 3. The van der Waals surface area contributed by atoms with E-state index in [1.54, 1.807) is 24.6 Å². The van der Waals surface area contributed by atoms with Gasteiger partial charge in [0.25, 0.3) is 10.0 Å². The summed E-state index contributed by atoms with van der Waals surface area (Å²) < 4.78 is 42.4. The van der Waals surface area contributed by atoms with Crippen LogP contribution in [-0.2, 0) is 30.0 Å². The summed E-state index contributed by atoms with van der Waals surface area (Å²) in [5.41, 5.74) is 2.64. The average molecular weight is 348 g/mol. The van der Waals surface area contributed by atoms with Crippen molar-refractivity contribution in [1.82, 2.24) is 18.8 Å². The van der Waals surface area contributed by atoms with Gasteiger partial charge in [-0.1, -0.05) is 0 Å². The maximum absolute atomic E-state index is 13.6. The molecule has 0 bridgehead atoms. The minimum atomic E-state index is -3.67. The van der Waals surface area contributed by atoms with Crippen LogP contribution < -0.4 is 0 Å². The first-order valence-electron chi connectivity index (χ1n) is 7.65. The van der Waals surface area contributed by atoms with E-state index >= 15 is 0 Å². The summed E-state index contributed by atoms with van der Waals surface area (Å²) in [5, 5.41) is 0.791. The second-order valence-electron chi connectivity index (χ2n) is 6.10. The third-order valence-corrected chi connectivity index (χ3v) is 6.31. The number of fused-ring (bicyclic) bond motifs is 3. The second-order valence-corrected chi connectivity index (χ2v) is 7.98. The Bertz CT molecular complexity index is 1030. The van der Waals surface area contributed by atoms with E-state index in [1.165, 1.54) is 22.6 Å². The molecule has 6 nitrogen and oxygen atoms in total.